The SMILES string of the molecule is C[C@]1(C(N)=O)COc2c1cc([C@@](O)(CNC(=O)c1cn3cc(C(F)(F)F)ccc3n1)C(F)(F)F)nc2-c1ccc(F)cc1. The van der Waals surface area contributed by atoms with Crippen LogP contribution in [0.3, 0.4) is 0 Å². The molecule has 1 aliphatic heterocycles. The normalized spacial score (nSPS) is 18.2. The molecule has 0 radical (unpaired) electrons. The highest BCUT2D eigenvalue weighted by Gasteiger charge is 2.57. The number of hydrogen-bond acceptors (Lipinski definition) is 6. The Morgan fingerprint density at radius 3 is 2.35 bits per heavy atom. The van der Waals surface area contributed by atoms with E-state index in [0.29, 0.717) is 12.3 Å². The monoisotopic (exact) mass is 611 g/mol. The van der Waals surface area contributed by atoms with E-state index in [1.165, 1.54) is 19.1 Å². The Morgan fingerprint density at radius 1 is 1.07 bits per heavy atom. The first-order chi connectivity index (χ1) is 19.9. The maximum absolute atomic E-state index is 14.5. The Balaban J connectivity index is 1.55. The number of primary amides is 1. The number of fused-ring (bicyclic) bond motifs is 2. The van der Waals surface area contributed by atoms with Crippen LogP contribution in [0, 0.1) is 5.82 Å². The van der Waals surface area contributed by atoms with E-state index in [4.69, 9.17) is 10.5 Å². The van der Waals surface area contributed by atoms with E-state index >= 15 is 0 Å². The number of hydrogen-bond donors (Lipinski definition) is 3. The van der Waals surface area contributed by atoms with E-state index in [0.717, 1.165) is 34.9 Å². The molecule has 2 atom stereocenters. The molecule has 4 aromatic rings. The van der Waals surface area contributed by atoms with Crippen molar-refractivity contribution in [3.8, 4) is 17.0 Å². The molecule has 4 N–H and O–H groups in total. The zero-order chi connectivity index (χ0) is 31.5. The second-order valence-electron chi connectivity index (χ2n) is 10.1. The van der Waals surface area contributed by atoms with Gasteiger partial charge in [-0.25, -0.2) is 14.4 Å². The fraction of sp³-hybridized carbons (Fsp3) is 0.259. The maximum Gasteiger partial charge on any atom is 0.424 e. The van der Waals surface area contributed by atoms with Gasteiger partial charge in [0.1, 0.15) is 40.6 Å². The summed E-state index contributed by atoms with van der Waals surface area (Å²) in [4.78, 5) is 32.9. The van der Waals surface area contributed by atoms with Gasteiger partial charge in [-0.15, -0.1) is 0 Å². The van der Waals surface area contributed by atoms with Gasteiger partial charge in [0.15, 0.2) is 0 Å². The highest BCUT2D eigenvalue weighted by Crippen LogP contribution is 2.47. The molecule has 3 aromatic heterocycles. The summed E-state index contributed by atoms with van der Waals surface area (Å²) >= 11 is 0. The largest absolute Gasteiger partial charge is 0.489 e. The van der Waals surface area contributed by atoms with Crippen LogP contribution in [0.15, 0.2) is 54.9 Å². The molecule has 0 unspecified atom stereocenters. The minimum atomic E-state index is -5.47. The summed E-state index contributed by atoms with van der Waals surface area (Å²) in [5, 5.41) is 13.0. The average molecular weight is 611 g/mol. The number of halogens is 7. The average Bonchev–Trinajstić information content (AvgIpc) is 3.52. The fourth-order valence-electron chi connectivity index (χ4n) is 4.51. The highest BCUT2D eigenvalue weighted by molar-refractivity contribution is 5.93. The first kappa shape index (κ1) is 29.8. The quantitative estimate of drug-likeness (QED) is 0.284. The molecule has 1 aliphatic rings. The summed E-state index contributed by atoms with van der Waals surface area (Å²) in [6.45, 7) is -0.552. The van der Waals surface area contributed by atoms with Gasteiger partial charge in [-0.3, -0.25) is 9.59 Å². The topological polar surface area (TPSA) is 132 Å². The van der Waals surface area contributed by atoms with Crippen molar-refractivity contribution in [1.82, 2.24) is 19.7 Å². The number of aliphatic hydroxyl groups is 1. The van der Waals surface area contributed by atoms with Crippen LogP contribution >= 0.6 is 0 Å². The van der Waals surface area contributed by atoms with Gasteiger partial charge in [0.2, 0.25) is 11.5 Å². The van der Waals surface area contributed by atoms with Crippen LogP contribution in [0.2, 0.25) is 0 Å². The van der Waals surface area contributed by atoms with Gasteiger partial charge in [-0.05, 0) is 49.4 Å². The highest BCUT2D eigenvalue weighted by atomic mass is 19.4. The van der Waals surface area contributed by atoms with Gasteiger partial charge in [0.25, 0.3) is 5.91 Å². The van der Waals surface area contributed by atoms with Crippen LogP contribution in [-0.2, 0) is 22.0 Å². The van der Waals surface area contributed by atoms with E-state index in [-0.39, 0.29) is 34.8 Å². The van der Waals surface area contributed by atoms with Crippen LogP contribution in [-0.4, -0.2) is 50.6 Å². The van der Waals surface area contributed by atoms with Crippen LogP contribution in [0.1, 0.15) is 34.2 Å². The van der Waals surface area contributed by atoms with Gasteiger partial charge in [-0.1, -0.05) is 0 Å². The molecular formula is C27H20F7N5O4. The first-order valence-electron chi connectivity index (χ1n) is 12.3. The number of imidazole rings is 1. The molecule has 1 aromatic carbocycles. The lowest BCUT2D eigenvalue weighted by Crippen LogP contribution is -2.52. The number of carbonyl (C=O) groups is 2. The van der Waals surface area contributed by atoms with Crippen molar-refractivity contribution < 1.29 is 50.2 Å². The number of benzene rings is 1. The van der Waals surface area contributed by atoms with Crippen LogP contribution in [0.4, 0.5) is 30.7 Å². The van der Waals surface area contributed by atoms with Crippen LogP contribution in [0.5, 0.6) is 5.75 Å². The number of carbonyl (C=O) groups excluding carboxylic acids is 2. The molecule has 0 spiro atoms. The molecular weight excluding hydrogens is 591 g/mol. The lowest BCUT2D eigenvalue weighted by Gasteiger charge is -2.31. The lowest BCUT2D eigenvalue weighted by molar-refractivity contribution is -0.265. The third kappa shape index (κ3) is 5.11. The van der Waals surface area contributed by atoms with Gasteiger partial charge in [-0.2, -0.15) is 26.3 Å². The van der Waals surface area contributed by atoms with Crippen molar-refractivity contribution in [2.24, 2.45) is 5.73 Å². The Kier molecular flexibility index (Phi) is 6.87. The number of nitrogens with two attached hydrogens (primary N) is 1. The standard InChI is InChI=1S/C27H20F7N5O4/c1-24(23(35)41)12-43-21-16(24)8-18(38-20(21)13-2-5-15(28)6-3-13)25(42,27(32,33)34)11-36-22(40)17-10-39-9-14(26(29,30)31)4-7-19(39)37-17/h2-10,42H,11-12H2,1H3,(H2,35,41)(H,36,40)/t24-,25-/m0/s1. The summed E-state index contributed by atoms with van der Waals surface area (Å²) in [5.74, 6) is -2.95. The van der Waals surface area contributed by atoms with E-state index in [1.54, 1.807) is 0 Å². The van der Waals surface area contributed by atoms with Crippen molar-refractivity contribution in [2.75, 3.05) is 13.2 Å². The summed E-state index contributed by atoms with van der Waals surface area (Å²) in [7, 11) is 0. The molecule has 0 saturated heterocycles. The van der Waals surface area contributed by atoms with Crippen molar-refractivity contribution in [3.63, 3.8) is 0 Å². The molecule has 0 fully saturated rings. The number of nitrogens with zero attached hydrogens (tertiary/aromatic N) is 3. The molecule has 0 saturated carbocycles. The van der Waals surface area contributed by atoms with Crippen LogP contribution in [0.25, 0.3) is 16.9 Å². The summed E-state index contributed by atoms with van der Waals surface area (Å²) in [5.41, 5.74) is -3.00. The van der Waals surface area contributed by atoms with Gasteiger partial charge in [0, 0.05) is 23.5 Å². The van der Waals surface area contributed by atoms with E-state index in [2.05, 4.69) is 9.97 Å². The third-order valence-electron chi connectivity index (χ3n) is 7.14. The molecule has 16 heteroatoms. The number of rotatable bonds is 6. The van der Waals surface area contributed by atoms with E-state index < -0.39 is 64.5 Å². The van der Waals surface area contributed by atoms with E-state index in [1.807, 2.05) is 5.32 Å². The second-order valence-corrected chi connectivity index (χ2v) is 10.1. The van der Waals surface area contributed by atoms with Crippen molar-refractivity contribution >= 4 is 17.5 Å². The summed E-state index contributed by atoms with van der Waals surface area (Å²) < 4.78 is 103. The zero-order valence-corrected chi connectivity index (χ0v) is 21.8. The Bertz CT molecular complexity index is 1750. The predicted molar refractivity (Wildman–Crippen MR) is 134 cm³/mol. The molecule has 43 heavy (non-hydrogen) atoms. The number of amides is 2. The Hall–Kier alpha value is -4.73. The molecule has 5 rings (SSSR count). The molecule has 4 heterocycles. The number of alkyl halides is 6. The van der Waals surface area contributed by atoms with Gasteiger partial charge < -0.3 is 25.3 Å². The summed E-state index contributed by atoms with van der Waals surface area (Å²) in [6.07, 6.45) is -8.64. The molecule has 0 bridgehead atoms. The molecule has 2 amide bonds. The van der Waals surface area contributed by atoms with Crippen molar-refractivity contribution in [3.05, 3.63) is 83.2 Å². The van der Waals surface area contributed by atoms with Gasteiger partial charge >= 0.3 is 12.4 Å². The zero-order valence-electron chi connectivity index (χ0n) is 21.8. The maximum atomic E-state index is 14.5. The fourth-order valence-corrected chi connectivity index (χ4v) is 4.51. The molecule has 0 aliphatic carbocycles. The van der Waals surface area contributed by atoms with E-state index in [9.17, 15) is 45.4 Å². The van der Waals surface area contributed by atoms with Crippen molar-refractivity contribution in [2.45, 2.75) is 30.3 Å². The smallest absolute Gasteiger partial charge is 0.424 e. The number of aromatic nitrogens is 3. The minimum Gasteiger partial charge on any atom is -0.489 e. The molecule has 226 valence electrons. The van der Waals surface area contributed by atoms with Crippen molar-refractivity contribution in [1.29, 1.82) is 0 Å². The Morgan fingerprint density at radius 2 is 1.74 bits per heavy atom. The third-order valence-corrected chi connectivity index (χ3v) is 7.14. The number of nitrogens with one attached hydrogen (secondary N) is 1. The van der Waals surface area contributed by atoms with Gasteiger partial charge in [0.05, 0.1) is 17.8 Å². The summed E-state index contributed by atoms with van der Waals surface area (Å²) in [6, 6.07) is 6.91. The number of ether oxygens (including phenoxy) is 1. The molecule has 9 nitrogen and oxygen atoms in total. The minimum absolute atomic E-state index is 0.0877. The van der Waals surface area contributed by atoms with Crippen LogP contribution < -0.4 is 15.8 Å². The predicted octanol–water partition coefficient (Wildman–Crippen LogP) is 3.87. The Labute approximate surface area is 237 Å². The number of pyridine rings is 2. The second kappa shape index (κ2) is 9.93. The first-order valence-corrected chi connectivity index (χ1v) is 12.3. The lowest BCUT2D eigenvalue weighted by atomic mass is 9.81.